The monoisotopic (exact) mass is 344 g/mol. The molecular weight excluding hydrogens is 337 g/mol. The van der Waals surface area contributed by atoms with E-state index < -0.39 is 17.6 Å². The Hall–Kier alpha value is -1.89. The van der Waals surface area contributed by atoms with Crippen molar-refractivity contribution in [3.05, 3.63) is 58.3 Å². The van der Waals surface area contributed by atoms with Crippen molar-refractivity contribution in [1.29, 1.82) is 0 Å². The number of pyridine rings is 1. The highest BCUT2D eigenvalue weighted by Gasteiger charge is 2.30. The van der Waals surface area contributed by atoms with Gasteiger partial charge in [-0.1, -0.05) is 22.0 Å². The van der Waals surface area contributed by atoms with Gasteiger partial charge in [-0.15, -0.1) is 0 Å². The molecule has 3 nitrogen and oxygen atoms in total. The van der Waals surface area contributed by atoms with Crippen LogP contribution in [0.5, 0.6) is 0 Å². The molecule has 1 N–H and O–H groups in total. The van der Waals surface area contributed by atoms with Crippen LogP contribution in [0.3, 0.4) is 0 Å². The summed E-state index contributed by atoms with van der Waals surface area (Å²) in [6, 6.07) is 8.69. The van der Waals surface area contributed by atoms with E-state index in [4.69, 9.17) is 0 Å². The minimum absolute atomic E-state index is 0.0852. The maximum atomic E-state index is 12.4. The number of anilines is 1. The van der Waals surface area contributed by atoms with Gasteiger partial charge in [0.25, 0.3) is 5.91 Å². The van der Waals surface area contributed by atoms with Gasteiger partial charge in [0.15, 0.2) is 0 Å². The predicted octanol–water partition coefficient (Wildman–Crippen LogP) is 4.12. The summed E-state index contributed by atoms with van der Waals surface area (Å²) in [5.41, 5.74) is -0.458. The van der Waals surface area contributed by atoms with Crippen LogP contribution in [-0.2, 0) is 6.18 Å². The smallest absolute Gasteiger partial charge is 0.321 e. The van der Waals surface area contributed by atoms with Crippen molar-refractivity contribution < 1.29 is 18.0 Å². The lowest BCUT2D eigenvalue weighted by Gasteiger charge is -2.07. The first-order valence-corrected chi connectivity index (χ1v) is 6.26. The molecule has 1 aromatic heterocycles. The van der Waals surface area contributed by atoms with Gasteiger partial charge in [0.1, 0.15) is 5.69 Å². The Balaban J connectivity index is 2.14. The average Bonchev–Trinajstić information content (AvgIpc) is 2.38. The van der Waals surface area contributed by atoms with Crippen LogP contribution in [0.15, 0.2) is 47.1 Å². The highest BCUT2D eigenvalue weighted by molar-refractivity contribution is 9.10. The number of alkyl halides is 3. The van der Waals surface area contributed by atoms with Gasteiger partial charge in [-0.25, -0.2) is 0 Å². The van der Waals surface area contributed by atoms with Gasteiger partial charge in [-0.2, -0.15) is 13.2 Å². The standard InChI is InChI=1S/C13H8BrF3N2O/c14-9-2-1-3-10(6-9)19-12(20)11-5-4-8(7-18-11)13(15,16)17/h1-7H,(H,19,20). The minimum atomic E-state index is -4.47. The minimum Gasteiger partial charge on any atom is -0.321 e. The summed E-state index contributed by atoms with van der Waals surface area (Å²) in [7, 11) is 0. The quantitative estimate of drug-likeness (QED) is 0.890. The summed E-state index contributed by atoms with van der Waals surface area (Å²) < 4.78 is 37.9. The number of amides is 1. The van der Waals surface area contributed by atoms with Gasteiger partial charge in [0.05, 0.1) is 5.56 Å². The molecular formula is C13H8BrF3N2O. The Morgan fingerprint density at radius 1 is 1.20 bits per heavy atom. The molecule has 0 aliphatic carbocycles. The summed E-state index contributed by atoms with van der Waals surface area (Å²) in [4.78, 5) is 15.3. The molecule has 0 unspecified atom stereocenters. The first-order valence-electron chi connectivity index (χ1n) is 5.46. The largest absolute Gasteiger partial charge is 0.417 e. The zero-order valence-corrected chi connectivity index (χ0v) is 11.5. The summed E-state index contributed by atoms with van der Waals surface area (Å²) in [5.74, 6) is -0.572. The van der Waals surface area contributed by atoms with Crippen molar-refractivity contribution in [1.82, 2.24) is 4.98 Å². The maximum Gasteiger partial charge on any atom is 0.417 e. The van der Waals surface area contributed by atoms with E-state index in [1.54, 1.807) is 24.3 Å². The summed E-state index contributed by atoms with van der Waals surface area (Å²) in [5, 5.41) is 2.54. The molecule has 0 bridgehead atoms. The van der Waals surface area contributed by atoms with E-state index >= 15 is 0 Å². The van der Waals surface area contributed by atoms with Crippen molar-refractivity contribution in [2.75, 3.05) is 5.32 Å². The maximum absolute atomic E-state index is 12.4. The molecule has 20 heavy (non-hydrogen) atoms. The van der Waals surface area contributed by atoms with Gasteiger partial charge in [0, 0.05) is 16.4 Å². The number of hydrogen-bond donors (Lipinski definition) is 1. The normalized spacial score (nSPS) is 11.2. The lowest BCUT2D eigenvalue weighted by molar-refractivity contribution is -0.137. The van der Waals surface area contributed by atoms with E-state index in [1.165, 1.54) is 0 Å². The fourth-order valence-electron chi connectivity index (χ4n) is 1.46. The van der Waals surface area contributed by atoms with Crippen molar-refractivity contribution in [2.45, 2.75) is 6.18 Å². The fourth-order valence-corrected chi connectivity index (χ4v) is 1.86. The number of carbonyl (C=O) groups excluding carboxylic acids is 1. The van der Waals surface area contributed by atoms with Gasteiger partial charge in [0.2, 0.25) is 0 Å². The van der Waals surface area contributed by atoms with Crippen LogP contribution in [0.2, 0.25) is 0 Å². The lowest BCUT2D eigenvalue weighted by atomic mass is 10.2. The van der Waals surface area contributed by atoms with Crippen LogP contribution in [0.1, 0.15) is 16.1 Å². The molecule has 0 saturated heterocycles. The second-order valence-corrected chi connectivity index (χ2v) is 4.81. The zero-order valence-electron chi connectivity index (χ0n) is 9.91. The highest BCUT2D eigenvalue weighted by atomic mass is 79.9. The number of carbonyl (C=O) groups is 1. The topological polar surface area (TPSA) is 42.0 Å². The fraction of sp³-hybridized carbons (Fsp3) is 0.0769. The number of nitrogens with zero attached hydrogens (tertiary/aromatic N) is 1. The van der Waals surface area contributed by atoms with Crippen LogP contribution in [0, 0.1) is 0 Å². The van der Waals surface area contributed by atoms with Gasteiger partial charge in [-0.3, -0.25) is 9.78 Å². The van der Waals surface area contributed by atoms with E-state index in [1.807, 2.05) is 0 Å². The molecule has 1 amide bonds. The summed E-state index contributed by atoms with van der Waals surface area (Å²) >= 11 is 3.25. The number of aromatic nitrogens is 1. The van der Waals surface area contributed by atoms with Gasteiger partial charge >= 0.3 is 6.18 Å². The van der Waals surface area contributed by atoms with E-state index in [0.29, 0.717) is 11.9 Å². The van der Waals surface area contributed by atoms with E-state index in [0.717, 1.165) is 16.6 Å². The number of hydrogen-bond acceptors (Lipinski definition) is 2. The SMILES string of the molecule is O=C(Nc1cccc(Br)c1)c1ccc(C(F)(F)F)cn1. The average molecular weight is 345 g/mol. The van der Waals surface area contributed by atoms with Crippen LogP contribution in [-0.4, -0.2) is 10.9 Å². The molecule has 0 spiro atoms. The molecule has 0 fully saturated rings. The highest BCUT2D eigenvalue weighted by Crippen LogP contribution is 2.28. The Kier molecular flexibility index (Phi) is 4.08. The second kappa shape index (κ2) is 5.62. The van der Waals surface area contributed by atoms with E-state index in [2.05, 4.69) is 26.2 Å². The van der Waals surface area contributed by atoms with Crippen LogP contribution in [0.4, 0.5) is 18.9 Å². The van der Waals surface area contributed by atoms with Crippen molar-refractivity contribution in [2.24, 2.45) is 0 Å². The number of rotatable bonds is 2. The van der Waals surface area contributed by atoms with Crippen molar-refractivity contribution in [3.8, 4) is 0 Å². The van der Waals surface area contributed by atoms with Crippen LogP contribution in [0.25, 0.3) is 0 Å². The number of halogens is 4. The molecule has 0 aliphatic rings. The first kappa shape index (κ1) is 14.5. The first-order chi connectivity index (χ1) is 9.36. The third-order valence-corrected chi connectivity index (χ3v) is 2.90. The molecule has 0 saturated carbocycles. The molecule has 0 aliphatic heterocycles. The third kappa shape index (κ3) is 3.57. The Labute approximate surface area is 121 Å². The van der Waals surface area contributed by atoms with Crippen LogP contribution >= 0.6 is 15.9 Å². The Morgan fingerprint density at radius 3 is 2.50 bits per heavy atom. The zero-order chi connectivity index (χ0) is 14.8. The lowest BCUT2D eigenvalue weighted by Crippen LogP contribution is -2.14. The van der Waals surface area contributed by atoms with Crippen molar-refractivity contribution in [3.63, 3.8) is 0 Å². The number of nitrogens with one attached hydrogen (secondary N) is 1. The molecule has 1 aromatic carbocycles. The number of benzene rings is 1. The Bertz CT molecular complexity index is 626. The van der Waals surface area contributed by atoms with Gasteiger partial charge in [-0.05, 0) is 30.3 Å². The Morgan fingerprint density at radius 2 is 1.95 bits per heavy atom. The molecule has 7 heteroatoms. The van der Waals surface area contributed by atoms with Crippen molar-refractivity contribution >= 4 is 27.5 Å². The van der Waals surface area contributed by atoms with Gasteiger partial charge < -0.3 is 5.32 Å². The molecule has 0 radical (unpaired) electrons. The second-order valence-electron chi connectivity index (χ2n) is 3.89. The summed E-state index contributed by atoms with van der Waals surface area (Å²) in [6.07, 6.45) is -3.83. The molecule has 2 aromatic rings. The molecule has 1 heterocycles. The molecule has 2 rings (SSSR count). The molecule has 104 valence electrons. The van der Waals surface area contributed by atoms with E-state index in [9.17, 15) is 18.0 Å². The summed E-state index contributed by atoms with van der Waals surface area (Å²) in [6.45, 7) is 0. The predicted molar refractivity (Wildman–Crippen MR) is 71.3 cm³/mol. The third-order valence-electron chi connectivity index (χ3n) is 2.41. The molecule has 0 atom stereocenters. The van der Waals surface area contributed by atoms with Crippen LogP contribution < -0.4 is 5.32 Å². The van der Waals surface area contributed by atoms with E-state index in [-0.39, 0.29) is 5.69 Å².